The molecule has 29 heavy (non-hydrogen) atoms. The molecule has 0 radical (unpaired) electrons. The van der Waals surface area contributed by atoms with Crippen LogP contribution in [0.2, 0.25) is 0 Å². The highest BCUT2D eigenvalue weighted by Gasteiger charge is 2.32. The summed E-state index contributed by atoms with van der Waals surface area (Å²) in [6.45, 7) is 2.68. The minimum atomic E-state index is -0.0960. The molecule has 2 N–H and O–H groups in total. The van der Waals surface area contributed by atoms with Crippen molar-refractivity contribution in [1.82, 2.24) is 29.8 Å². The second-order valence-corrected chi connectivity index (χ2v) is 7.47. The predicted molar refractivity (Wildman–Crippen MR) is 110 cm³/mol. The maximum absolute atomic E-state index is 13.2. The average Bonchev–Trinajstić information content (AvgIpc) is 3.48. The minimum absolute atomic E-state index is 0.0960. The highest BCUT2D eigenvalue weighted by atomic mass is 16.2. The number of carbonyl (C=O) groups excluding carboxylic acids is 1. The molecule has 7 nitrogen and oxygen atoms in total. The van der Waals surface area contributed by atoms with E-state index in [2.05, 4.69) is 26.0 Å². The van der Waals surface area contributed by atoms with Crippen LogP contribution in [0.4, 0.5) is 0 Å². The number of nitrogens with one attached hydrogen (secondary N) is 2. The fourth-order valence-corrected chi connectivity index (χ4v) is 4.14. The van der Waals surface area contributed by atoms with Crippen LogP contribution >= 0.6 is 0 Å². The maximum Gasteiger partial charge on any atom is 0.227 e. The summed E-state index contributed by atoms with van der Waals surface area (Å²) in [6.07, 6.45) is 7.62. The van der Waals surface area contributed by atoms with Crippen LogP contribution in [-0.4, -0.2) is 42.3 Å². The number of para-hydroxylation sites is 1. The molecular weight excluding hydrogens is 364 g/mol. The molecule has 4 heterocycles. The van der Waals surface area contributed by atoms with Gasteiger partial charge in [-0.05, 0) is 37.5 Å². The number of fused-ring (bicyclic) bond motifs is 1. The lowest BCUT2D eigenvalue weighted by atomic mass is 10.1. The number of nitrogens with zero attached hydrogens (tertiary/aromatic N) is 4. The Hall–Kier alpha value is -3.48. The van der Waals surface area contributed by atoms with Crippen molar-refractivity contribution in [3.05, 3.63) is 66.0 Å². The Balaban J connectivity index is 1.42. The fraction of sp³-hybridized carbons (Fsp3) is 0.273. The Bertz CT molecular complexity index is 1160. The van der Waals surface area contributed by atoms with Gasteiger partial charge in [-0.3, -0.25) is 4.79 Å². The van der Waals surface area contributed by atoms with E-state index >= 15 is 0 Å². The molecule has 0 bridgehead atoms. The zero-order valence-corrected chi connectivity index (χ0v) is 16.2. The van der Waals surface area contributed by atoms with Gasteiger partial charge in [0, 0.05) is 41.7 Å². The Morgan fingerprint density at radius 3 is 3.00 bits per heavy atom. The highest BCUT2D eigenvalue weighted by Crippen LogP contribution is 2.32. The van der Waals surface area contributed by atoms with Gasteiger partial charge in [0.15, 0.2) is 11.6 Å². The number of rotatable bonds is 4. The Morgan fingerprint density at radius 2 is 2.14 bits per heavy atom. The van der Waals surface area contributed by atoms with Crippen molar-refractivity contribution < 1.29 is 4.79 Å². The van der Waals surface area contributed by atoms with Crippen molar-refractivity contribution >= 4 is 16.8 Å². The third kappa shape index (κ3) is 3.29. The number of aromatic amines is 2. The van der Waals surface area contributed by atoms with E-state index < -0.39 is 0 Å². The Kier molecular flexibility index (Phi) is 4.35. The zero-order valence-electron chi connectivity index (χ0n) is 16.2. The largest absolute Gasteiger partial charge is 0.361 e. The molecule has 1 aliphatic heterocycles. The summed E-state index contributed by atoms with van der Waals surface area (Å²) in [4.78, 5) is 35.1. The number of amides is 1. The van der Waals surface area contributed by atoms with Crippen LogP contribution in [0.3, 0.4) is 0 Å². The predicted octanol–water partition coefficient (Wildman–Crippen LogP) is 3.56. The van der Waals surface area contributed by atoms with Crippen LogP contribution in [0.5, 0.6) is 0 Å². The molecule has 4 aromatic rings. The van der Waals surface area contributed by atoms with Crippen LogP contribution in [0.1, 0.15) is 36.0 Å². The second kappa shape index (κ2) is 7.16. The number of likely N-dealkylation sites (tertiary alicyclic amines) is 1. The van der Waals surface area contributed by atoms with Gasteiger partial charge in [0.05, 0.1) is 12.5 Å². The monoisotopic (exact) mass is 386 g/mol. The lowest BCUT2D eigenvalue weighted by molar-refractivity contribution is -0.131. The molecule has 146 valence electrons. The van der Waals surface area contributed by atoms with Gasteiger partial charge in [0.1, 0.15) is 5.69 Å². The third-order valence-corrected chi connectivity index (χ3v) is 5.50. The smallest absolute Gasteiger partial charge is 0.227 e. The normalized spacial score (nSPS) is 16.6. The molecule has 7 heteroatoms. The van der Waals surface area contributed by atoms with Gasteiger partial charge >= 0.3 is 0 Å². The molecule has 5 rings (SSSR count). The molecule has 1 amide bonds. The van der Waals surface area contributed by atoms with Crippen molar-refractivity contribution in [2.75, 3.05) is 6.54 Å². The van der Waals surface area contributed by atoms with Crippen molar-refractivity contribution in [3.63, 3.8) is 0 Å². The molecule has 3 aromatic heterocycles. The number of aryl methyl sites for hydroxylation is 1. The average molecular weight is 386 g/mol. The number of hydrogen-bond donors (Lipinski definition) is 2. The highest BCUT2D eigenvalue weighted by molar-refractivity contribution is 5.89. The quantitative estimate of drug-likeness (QED) is 0.561. The van der Waals surface area contributed by atoms with Crippen molar-refractivity contribution in [2.45, 2.75) is 32.2 Å². The summed E-state index contributed by atoms with van der Waals surface area (Å²) >= 11 is 0. The van der Waals surface area contributed by atoms with E-state index in [9.17, 15) is 4.79 Å². The van der Waals surface area contributed by atoms with E-state index in [-0.39, 0.29) is 11.9 Å². The molecule has 1 aliphatic rings. The lowest BCUT2D eigenvalue weighted by Gasteiger charge is -2.24. The van der Waals surface area contributed by atoms with Gasteiger partial charge in [0.25, 0.3) is 0 Å². The first-order chi connectivity index (χ1) is 14.2. The van der Waals surface area contributed by atoms with Crippen molar-refractivity contribution in [3.8, 4) is 11.5 Å². The first-order valence-electron chi connectivity index (χ1n) is 9.89. The number of hydrogen-bond acceptors (Lipinski definition) is 4. The van der Waals surface area contributed by atoms with E-state index in [1.54, 1.807) is 12.4 Å². The number of H-pyrrole nitrogens is 2. The molecular formula is C22H22N6O. The van der Waals surface area contributed by atoms with E-state index in [1.807, 2.05) is 42.3 Å². The summed E-state index contributed by atoms with van der Waals surface area (Å²) in [5.41, 5.74) is 3.71. The van der Waals surface area contributed by atoms with Crippen LogP contribution in [0.25, 0.3) is 22.4 Å². The van der Waals surface area contributed by atoms with Crippen LogP contribution in [0.15, 0.2) is 48.9 Å². The molecule has 1 fully saturated rings. The molecule has 0 aliphatic carbocycles. The standard InChI is InChI=1S/C22H22N6O/c1-14-11-18(21-23-8-9-24-21)27-22(26-14)19-7-4-10-28(19)20(29)12-15-13-25-17-6-3-2-5-16(15)17/h2-3,5-6,8-9,11,13,19,25H,4,7,10,12H2,1H3,(H,23,24)/t19-/m1/s1. The molecule has 0 spiro atoms. The summed E-state index contributed by atoms with van der Waals surface area (Å²) < 4.78 is 0. The summed E-state index contributed by atoms with van der Waals surface area (Å²) in [7, 11) is 0. The SMILES string of the molecule is Cc1cc(-c2ncc[nH]2)nc([C@H]2CCCN2C(=O)Cc2c[nH]c3ccccc23)n1. The zero-order chi connectivity index (χ0) is 19.8. The molecule has 1 atom stereocenters. The molecule has 0 saturated carbocycles. The Labute approximate surface area is 168 Å². The van der Waals surface area contributed by atoms with E-state index in [1.165, 1.54) is 0 Å². The minimum Gasteiger partial charge on any atom is -0.361 e. The van der Waals surface area contributed by atoms with Crippen LogP contribution < -0.4 is 0 Å². The van der Waals surface area contributed by atoms with Crippen LogP contribution in [-0.2, 0) is 11.2 Å². The molecule has 0 unspecified atom stereocenters. The first-order valence-corrected chi connectivity index (χ1v) is 9.89. The summed E-state index contributed by atoms with van der Waals surface area (Å²) in [5.74, 6) is 1.52. The number of benzene rings is 1. The molecule has 1 saturated heterocycles. The van der Waals surface area contributed by atoms with Gasteiger partial charge in [0.2, 0.25) is 5.91 Å². The van der Waals surface area contributed by atoms with Crippen molar-refractivity contribution in [2.24, 2.45) is 0 Å². The fourth-order valence-electron chi connectivity index (χ4n) is 4.14. The van der Waals surface area contributed by atoms with Gasteiger partial charge in [-0.15, -0.1) is 0 Å². The van der Waals surface area contributed by atoms with Gasteiger partial charge in [-0.25, -0.2) is 15.0 Å². The van der Waals surface area contributed by atoms with Gasteiger partial charge in [-0.1, -0.05) is 18.2 Å². The topological polar surface area (TPSA) is 90.6 Å². The molecule has 1 aromatic carbocycles. The van der Waals surface area contributed by atoms with E-state index in [4.69, 9.17) is 4.98 Å². The third-order valence-electron chi connectivity index (χ3n) is 5.50. The maximum atomic E-state index is 13.2. The van der Waals surface area contributed by atoms with Gasteiger partial charge in [-0.2, -0.15) is 0 Å². The van der Waals surface area contributed by atoms with Gasteiger partial charge < -0.3 is 14.9 Å². The van der Waals surface area contributed by atoms with Crippen LogP contribution in [0, 0.1) is 6.92 Å². The first kappa shape index (κ1) is 17.6. The lowest BCUT2D eigenvalue weighted by Crippen LogP contribution is -2.32. The number of carbonyl (C=O) groups is 1. The van der Waals surface area contributed by atoms with Crippen molar-refractivity contribution in [1.29, 1.82) is 0 Å². The van der Waals surface area contributed by atoms with E-state index in [0.29, 0.717) is 18.1 Å². The number of aromatic nitrogens is 5. The summed E-state index contributed by atoms with van der Waals surface area (Å²) in [6, 6.07) is 9.89. The number of imidazole rings is 1. The second-order valence-electron chi connectivity index (χ2n) is 7.47. The summed E-state index contributed by atoms with van der Waals surface area (Å²) in [5, 5.41) is 1.10. The van der Waals surface area contributed by atoms with E-state index in [0.717, 1.165) is 47.2 Å². The Morgan fingerprint density at radius 1 is 1.24 bits per heavy atom.